The maximum absolute atomic E-state index is 4.12. The molecule has 3 rings (SSSR count). The van der Waals surface area contributed by atoms with Crippen LogP contribution in [0.1, 0.15) is 6.92 Å². The summed E-state index contributed by atoms with van der Waals surface area (Å²) in [5, 5.41) is 2.69. The number of hydrogen-bond acceptors (Lipinski definition) is 1. The lowest BCUT2D eigenvalue weighted by atomic mass is 10.1. The zero-order valence-electron chi connectivity index (χ0n) is 7.07. The van der Waals surface area contributed by atoms with Gasteiger partial charge in [0.25, 0.3) is 0 Å². The molecule has 0 radical (unpaired) electrons. The van der Waals surface area contributed by atoms with E-state index in [1.54, 1.807) is 0 Å². The van der Waals surface area contributed by atoms with Crippen molar-refractivity contribution in [1.29, 1.82) is 0 Å². The molecule has 1 heterocycles. The van der Waals surface area contributed by atoms with Gasteiger partial charge in [0.15, 0.2) is 0 Å². The summed E-state index contributed by atoms with van der Waals surface area (Å²) in [5.74, 6) is 2.49. The molecule has 1 heteroatoms. The second kappa shape index (κ2) is 1.98. The van der Waals surface area contributed by atoms with E-state index in [-0.39, 0.29) is 0 Å². The predicted octanol–water partition coefficient (Wildman–Crippen LogP) is 0.538. The highest BCUT2D eigenvalue weighted by Crippen LogP contribution is 2.48. The molecule has 1 aromatic heterocycles. The van der Waals surface area contributed by atoms with E-state index < -0.39 is 0 Å². The molecule has 0 saturated heterocycles. The summed E-state index contributed by atoms with van der Waals surface area (Å²) < 4.78 is 0. The monoisotopic (exact) mass is 157 g/mol. The molecule has 3 atom stereocenters. The number of fused-ring (bicyclic) bond motifs is 2. The molecule has 3 unspecified atom stereocenters. The Morgan fingerprint density at radius 3 is 2.75 bits per heavy atom. The maximum atomic E-state index is 4.12. The van der Waals surface area contributed by atoms with Crippen LogP contribution in [-0.2, 0) is 0 Å². The van der Waals surface area contributed by atoms with E-state index in [0.29, 0.717) is 0 Å². The van der Waals surface area contributed by atoms with E-state index in [9.17, 15) is 0 Å². The lowest BCUT2D eigenvalue weighted by molar-refractivity contribution is 0.906. The van der Waals surface area contributed by atoms with Gasteiger partial charge in [-0.25, -0.2) is 0 Å². The Bertz CT molecular complexity index is 392. The molecular formula is C11H11N. The van der Waals surface area contributed by atoms with Gasteiger partial charge in [-0.05, 0) is 34.3 Å². The molecule has 2 aliphatic rings. The Hall–Kier alpha value is -1.11. The number of rotatable bonds is 0. The molecule has 1 fully saturated rings. The van der Waals surface area contributed by atoms with Crippen molar-refractivity contribution in [2.75, 3.05) is 0 Å². The fourth-order valence-electron chi connectivity index (χ4n) is 2.17. The number of aromatic nitrogens is 1. The molecule has 0 aromatic carbocycles. The largest absolute Gasteiger partial charge is 0.264 e. The molecular weight excluding hydrogens is 146 g/mol. The van der Waals surface area contributed by atoms with E-state index in [1.165, 1.54) is 10.4 Å². The van der Waals surface area contributed by atoms with E-state index in [4.69, 9.17) is 0 Å². The van der Waals surface area contributed by atoms with Gasteiger partial charge < -0.3 is 0 Å². The maximum Gasteiger partial charge on any atom is 0.0343 e. The molecule has 2 aliphatic carbocycles. The van der Waals surface area contributed by atoms with Crippen LogP contribution in [0, 0.1) is 17.8 Å². The quantitative estimate of drug-likeness (QED) is 0.535. The molecule has 60 valence electrons. The normalized spacial score (nSPS) is 35.6. The van der Waals surface area contributed by atoms with Gasteiger partial charge in [0, 0.05) is 12.4 Å². The van der Waals surface area contributed by atoms with Crippen LogP contribution < -0.4 is 10.4 Å². The molecule has 1 aromatic rings. The Morgan fingerprint density at radius 2 is 1.92 bits per heavy atom. The fourth-order valence-corrected chi connectivity index (χ4v) is 2.17. The Balaban J connectivity index is 2.31. The van der Waals surface area contributed by atoms with Crippen molar-refractivity contribution < 1.29 is 0 Å². The molecule has 12 heavy (non-hydrogen) atoms. The van der Waals surface area contributed by atoms with Crippen molar-refractivity contribution in [3.63, 3.8) is 0 Å². The molecule has 1 nitrogen and oxygen atoms in total. The first-order chi connectivity index (χ1) is 5.86. The second-order valence-electron chi connectivity index (χ2n) is 3.85. The van der Waals surface area contributed by atoms with Gasteiger partial charge in [-0.3, -0.25) is 4.98 Å². The fraction of sp³-hybridized carbons (Fsp3) is 0.364. The minimum Gasteiger partial charge on any atom is -0.264 e. The van der Waals surface area contributed by atoms with Crippen LogP contribution in [0.2, 0.25) is 0 Å². The zero-order chi connectivity index (χ0) is 8.13. The minimum atomic E-state index is 0.807. The Kier molecular flexibility index (Phi) is 1.06. The van der Waals surface area contributed by atoms with Crippen molar-refractivity contribution in [1.82, 2.24) is 4.98 Å². The summed E-state index contributed by atoms with van der Waals surface area (Å²) in [6.45, 7) is 2.32. The first-order valence-electron chi connectivity index (χ1n) is 4.50. The summed E-state index contributed by atoms with van der Waals surface area (Å²) >= 11 is 0. The topological polar surface area (TPSA) is 12.9 Å². The standard InChI is InChI=1S/C11H11N/c1-7-10-4-8-2-3-12-6-9(8)5-11(7)10/h2-7,10-11H,1H3. The highest BCUT2D eigenvalue weighted by Gasteiger charge is 2.43. The lowest BCUT2D eigenvalue weighted by Crippen LogP contribution is -2.27. The highest BCUT2D eigenvalue weighted by molar-refractivity contribution is 5.50. The van der Waals surface area contributed by atoms with E-state index in [0.717, 1.165) is 17.8 Å². The van der Waals surface area contributed by atoms with Crippen LogP contribution in [0.3, 0.4) is 0 Å². The third-order valence-electron chi connectivity index (χ3n) is 3.15. The summed E-state index contributed by atoms with van der Waals surface area (Å²) in [4.78, 5) is 4.12. The average Bonchev–Trinajstić information content (AvgIpc) is 2.74. The Labute approximate surface area is 71.4 Å². The second-order valence-corrected chi connectivity index (χ2v) is 3.85. The van der Waals surface area contributed by atoms with E-state index in [1.807, 2.05) is 12.4 Å². The van der Waals surface area contributed by atoms with Gasteiger partial charge in [-0.15, -0.1) is 0 Å². The molecule has 0 aliphatic heterocycles. The smallest absolute Gasteiger partial charge is 0.0343 e. The number of hydrogen-bond donors (Lipinski definition) is 0. The molecule has 0 spiro atoms. The van der Waals surface area contributed by atoms with Gasteiger partial charge in [-0.2, -0.15) is 0 Å². The van der Waals surface area contributed by atoms with Crippen LogP contribution in [0.5, 0.6) is 0 Å². The molecule has 0 amide bonds. The van der Waals surface area contributed by atoms with Crippen molar-refractivity contribution in [2.24, 2.45) is 17.8 Å². The van der Waals surface area contributed by atoms with Crippen LogP contribution in [0.25, 0.3) is 12.2 Å². The average molecular weight is 157 g/mol. The van der Waals surface area contributed by atoms with Gasteiger partial charge in [0.2, 0.25) is 0 Å². The molecule has 1 saturated carbocycles. The van der Waals surface area contributed by atoms with Crippen molar-refractivity contribution in [3.8, 4) is 0 Å². The van der Waals surface area contributed by atoms with Crippen LogP contribution >= 0.6 is 0 Å². The van der Waals surface area contributed by atoms with E-state index >= 15 is 0 Å². The molecule has 0 N–H and O–H groups in total. The van der Waals surface area contributed by atoms with Gasteiger partial charge in [-0.1, -0.05) is 19.1 Å². The van der Waals surface area contributed by atoms with Crippen LogP contribution in [0.15, 0.2) is 18.5 Å². The summed E-state index contributed by atoms with van der Waals surface area (Å²) in [6.07, 6.45) is 8.60. The summed E-state index contributed by atoms with van der Waals surface area (Å²) in [6, 6.07) is 2.10. The summed E-state index contributed by atoms with van der Waals surface area (Å²) in [7, 11) is 0. The van der Waals surface area contributed by atoms with E-state index in [2.05, 4.69) is 30.1 Å². The van der Waals surface area contributed by atoms with Crippen LogP contribution in [-0.4, -0.2) is 4.98 Å². The first kappa shape index (κ1) is 6.41. The Morgan fingerprint density at radius 1 is 1.17 bits per heavy atom. The zero-order valence-corrected chi connectivity index (χ0v) is 7.07. The highest BCUT2D eigenvalue weighted by atomic mass is 14.6. The third-order valence-corrected chi connectivity index (χ3v) is 3.15. The van der Waals surface area contributed by atoms with Crippen molar-refractivity contribution >= 4 is 12.2 Å². The predicted molar refractivity (Wildman–Crippen MR) is 48.6 cm³/mol. The van der Waals surface area contributed by atoms with Gasteiger partial charge in [0.1, 0.15) is 0 Å². The lowest BCUT2D eigenvalue weighted by Gasteiger charge is -1.95. The number of nitrogens with zero attached hydrogens (tertiary/aromatic N) is 1. The number of pyridine rings is 1. The SMILES string of the molecule is CC1C2C=c3ccncc3=CC12. The third kappa shape index (κ3) is 0.711. The minimum absolute atomic E-state index is 0.807. The van der Waals surface area contributed by atoms with Crippen molar-refractivity contribution in [3.05, 3.63) is 28.9 Å². The van der Waals surface area contributed by atoms with Crippen molar-refractivity contribution in [2.45, 2.75) is 6.92 Å². The molecule has 0 bridgehead atoms. The first-order valence-corrected chi connectivity index (χ1v) is 4.50. The van der Waals surface area contributed by atoms with Crippen LogP contribution in [0.4, 0.5) is 0 Å². The summed E-state index contributed by atoms with van der Waals surface area (Å²) in [5.41, 5.74) is 0. The van der Waals surface area contributed by atoms with Gasteiger partial charge in [0.05, 0.1) is 0 Å². The van der Waals surface area contributed by atoms with Gasteiger partial charge >= 0.3 is 0 Å².